The molecule has 2 aliphatic rings. The van der Waals surface area contributed by atoms with E-state index in [9.17, 15) is 5.11 Å². The van der Waals surface area contributed by atoms with E-state index < -0.39 is 0 Å². The monoisotopic (exact) mass is 394 g/mol. The summed E-state index contributed by atoms with van der Waals surface area (Å²) in [7, 11) is 0. The highest BCUT2D eigenvalue weighted by atomic mass is 16.3. The van der Waals surface area contributed by atoms with Crippen LogP contribution in [0.4, 0.5) is 22.7 Å². The fourth-order valence-corrected chi connectivity index (χ4v) is 5.45. The van der Waals surface area contributed by atoms with Crippen LogP contribution in [-0.2, 0) is 0 Å². The third-order valence-electron chi connectivity index (χ3n) is 7.28. The van der Waals surface area contributed by atoms with Crippen molar-refractivity contribution in [1.29, 1.82) is 0 Å². The highest BCUT2D eigenvalue weighted by Gasteiger charge is 2.31. The molecule has 2 saturated carbocycles. The molecule has 29 heavy (non-hydrogen) atoms. The molecule has 2 aromatic carbocycles. The average molecular weight is 395 g/mol. The summed E-state index contributed by atoms with van der Waals surface area (Å²) >= 11 is 0. The van der Waals surface area contributed by atoms with Gasteiger partial charge >= 0.3 is 0 Å². The summed E-state index contributed by atoms with van der Waals surface area (Å²) in [6.45, 7) is 0. The quantitative estimate of drug-likeness (QED) is 0.490. The summed E-state index contributed by atoms with van der Waals surface area (Å²) in [5, 5.41) is 9.76. The van der Waals surface area contributed by atoms with E-state index in [2.05, 4.69) is 18.2 Å². The van der Waals surface area contributed by atoms with Gasteiger partial charge in [0.1, 0.15) is 0 Å². The second-order valence-electron chi connectivity index (χ2n) is 9.10. The van der Waals surface area contributed by atoms with Crippen LogP contribution in [0.5, 0.6) is 0 Å². The molecule has 0 aliphatic heterocycles. The zero-order chi connectivity index (χ0) is 20.5. The van der Waals surface area contributed by atoms with Crippen molar-refractivity contribution >= 4 is 22.7 Å². The largest absolute Gasteiger partial charge is 0.398 e. The zero-order valence-electron chi connectivity index (χ0n) is 17.1. The van der Waals surface area contributed by atoms with Gasteiger partial charge in [0.05, 0.1) is 23.2 Å². The molecule has 0 amide bonds. The first kappa shape index (κ1) is 19.9. The Hall–Kier alpha value is -2.40. The summed E-state index contributed by atoms with van der Waals surface area (Å²) in [6.07, 6.45) is 9.35. The number of anilines is 4. The van der Waals surface area contributed by atoms with Gasteiger partial charge in [-0.05, 0) is 98.4 Å². The van der Waals surface area contributed by atoms with Crippen LogP contribution in [0.15, 0.2) is 30.3 Å². The van der Waals surface area contributed by atoms with E-state index in [-0.39, 0.29) is 6.10 Å². The van der Waals surface area contributed by atoms with Gasteiger partial charge in [-0.3, -0.25) is 0 Å². The van der Waals surface area contributed by atoms with Crippen LogP contribution < -0.4 is 22.9 Å². The number of rotatable bonds is 3. The van der Waals surface area contributed by atoms with Gasteiger partial charge in [0.15, 0.2) is 0 Å². The van der Waals surface area contributed by atoms with Gasteiger partial charge in [0, 0.05) is 11.3 Å². The third-order valence-corrected chi connectivity index (χ3v) is 7.28. The first-order valence-electron chi connectivity index (χ1n) is 10.9. The lowest BCUT2D eigenvalue weighted by atomic mass is 9.69. The summed E-state index contributed by atoms with van der Waals surface area (Å²) in [5.41, 5.74) is 29.6. The van der Waals surface area contributed by atoms with Crippen molar-refractivity contribution in [2.24, 2.45) is 11.8 Å². The molecule has 0 aromatic heterocycles. The lowest BCUT2D eigenvalue weighted by molar-refractivity contribution is 0.0805. The molecule has 0 saturated heterocycles. The normalized spacial score (nSPS) is 27.6. The zero-order valence-corrected chi connectivity index (χ0v) is 17.1. The molecule has 0 unspecified atom stereocenters. The van der Waals surface area contributed by atoms with E-state index in [1.165, 1.54) is 44.1 Å². The van der Waals surface area contributed by atoms with Gasteiger partial charge in [-0.25, -0.2) is 0 Å². The fraction of sp³-hybridized carbons (Fsp3) is 0.500. The van der Waals surface area contributed by atoms with Gasteiger partial charge in [0.25, 0.3) is 0 Å². The maximum Gasteiger partial charge on any atom is 0.0781 e. The van der Waals surface area contributed by atoms with Crippen LogP contribution in [0.3, 0.4) is 0 Å². The van der Waals surface area contributed by atoms with Crippen LogP contribution in [0.1, 0.15) is 62.8 Å². The van der Waals surface area contributed by atoms with E-state index in [1.54, 1.807) is 0 Å². The summed E-state index contributed by atoms with van der Waals surface area (Å²) in [5.74, 6) is 2.22. The molecule has 0 atom stereocenters. The summed E-state index contributed by atoms with van der Waals surface area (Å²) in [4.78, 5) is 0. The van der Waals surface area contributed by atoms with E-state index >= 15 is 0 Å². The number of nitrogen functional groups attached to an aromatic ring is 4. The number of hydrogen-bond acceptors (Lipinski definition) is 5. The van der Waals surface area contributed by atoms with Gasteiger partial charge < -0.3 is 28.0 Å². The summed E-state index contributed by atoms with van der Waals surface area (Å²) < 4.78 is 0. The molecule has 0 heterocycles. The Morgan fingerprint density at radius 1 is 0.655 bits per heavy atom. The summed E-state index contributed by atoms with van der Waals surface area (Å²) in [6, 6.07) is 10.1. The number of benzene rings is 2. The fourth-order valence-electron chi connectivity index (χ4n) is 5.45. The molecule has 2 fully saturated rings. The number of nitrogens with two attached hydrogens (primary N) is 4. The Bertz CT molecular complexity index is 842. The Morgan fingerprint density at radius 3 is 1.76 bits per heavy atom. The van der Waals surface area contributed by atoms with Gasteiger partial charge in [0.2, 0.25) is 0 Å². The number of aliphatic hydroxyl groups excluding tert-OH is 1. The van der Waals surface area contributed by atoms with Crippen molar-refractivity contribution < 1.29 is 5.11 Å². The van der Waals surface area contributed by atoms with Crippen LogP contribution in [0, 0.1) is 11.8 Å². The van der Waals surface area contributed by atoms with Crippen molar-refractivity contribution in [2.45, 2.75) is 63.4 Å². The Morgan fingerprint density at radius 2 is 1.21 bits per heavy atom. The maximum atomic E-state index is 9.76. The van der Waals surface area contributed by atoms with Crippen molar-refractivity contribution in [3.63, 3.8) is 0 Å². The molecule has 4 rings (SSSR count). The first-order chi connectivity index (χ1) is 13.9. The van der Waals surface area contributed by atoms with Crippen molar-refractivity contribution in [3.8, 4) is 11.1 Å². The second kappa shape index (κ2) is 8.15. The topological polar surface area (TPSA) is 124 Å². The molecular weight excluding hydrogens is 360 g/mol. The van der Waals surface area contributed by atoms with Crippen LogP contribution in [0.2, 0.25) is 0 Å². The minimum absolute atomic E-state index is 0.0594. The molecule has 5 heteroatoms. The van der Waals surface area contributed by atoms with Gasteiger partial charge in [-0.15, -0.1) is 0 Å². The smallest absolute Gasteiger partial charge is 0.0781 e. The number of hydrogen-bond donors (Lipinski definition) is 5. The van der Waals surface area contributed by atoms with Crippen molar-refractivity contribution in [1.82, 2.24) is 0 Å². The molecule has 0 spiro atoms. The highest BCUT2D eigenvalue weighted by Crippen LogP contribution is 2.44. The molecular formula is C24H34N4O. The van der Waals surface area contributed by atoms with Crippen molar-refractivity contribution in [3.05, 3.63) is 35.9 Å². The SMILES string of the molecule is Nc1cc(C2CCC(C3CCC(O)CC3)CC2)ccc1-c1cc(N)c(N)c(N)c1. The lowest BCUT2D eigenvalue weighted by Crippen LogP contribution is -2.27. The van der Waals surface area contributed by atoms with E-state index in [4.69, 9.17) is 22.9 Å². The standard InChI is InChI=1S/C24H34N4O/c25-21-11-17(7-10-20(21)18-12-22(26)24(28)23(27)13-18)16-3-1-14(2-4-16)15-5-8-19(29)9-6-15/h7,10-16,19,29H,1-6,8-9,25-28H2. The Labute approximate surface area is 173 Å². The van der Waals surface area contributed by atoms with E-state index in [0.29, 0.717) is 23.0 Å². The molecule has 0 radical (unpaired) electrons. The van der Waals surface area contributed by atoms with Crippen LogP contribution >= 0.6 is 0 Å². The minimum atomic E-state index is -0.0594. The molecule has 9 N–H and O–H groups in total. The predicted molar refractivity (Wildman–Crippen MR) is 122 cm³/mol. The van der Waals surface area contributed by atoms with E-state index in [0.717, 1.165) is 41.5 Å². The van der Waals surface area contributed by atoms with Crippen LogP contribution in [0.25, 0.3) is 11.1 Å². The first-order valence-corrected chi connectivity index (χ1v) is 10.9. The highest BCUT2D eigenvalue weighted by molar-refractivity contribution is 5.87. The van der Waals surface area contributed by atoms with Gasteiger partial charge in [-0.1, -0.05) is 12.1 Å². The number of aliphatic hydroxyl groups is 1. The third kappa shape index (κ3) is 4.15. The Balaban J connectivity index is 1.44. The molecule has 156 valence electrons. The molecule has 2 aliphatic carbocycles. The lowest BCUT2D eigenvalue weighted by Gasteiger charge is -2.37. The maximum absolute atomic E-state index is 9.76. The average Bonchev–Trinajstić information content (AvgIpc) is 2.72. The predicted octanol–water partition coefficient (Wildman–Crippen LogP) is 4.51. The minimum Gasteiger partial charge on any atom is -0.398 e. The molecule has 5 nitrogen and oxygen atoms in total. The van der Waals surface area contributed by atoms with Gasteiger partial charge in [-0.2, -0.15) is 0 Å². The molecule has 2 aromatic rings. The van der Waals surface area contributed by atoms with E-state index in [1.807, 2.05) is 12.1 Å². The van der Waals surface area contributed by atoms with Crippen molar-refractivity contribution in [2.75, 3.05) is 22.9 Å². The second-order valence-corrected chi connectivity index (χ2v) is 9.10. The Kier molecular flexibility index (Phi) is 5.59. The van der Waals surface area contributed by atoms with Crippen LogP contribution in [-0.4, -0.2) is 11.2 Å². The molecule has 0 bridgehead atoms.